The molecule has 6 nitrogen and oxygen atoms in total. The number of carbonyl (C=O) groups is 1. The summed E-state index contributed by atoms with van der Waals surface area (Å²) in [6, 6.07) is -0.442. The van der Waals surface area contributed by atoms with Crippen molar-refractivity contribution in [2.75, 3.05) is 18.2 Å². The number of methoxy groups -OCH3 is 1. The molecule has 1 rings (SSSR count). The molecule has 0 bridgehead atoms. The molecular weight excluding hydrogens is 208 g/mol. The Morgan fingerprint density at radius 3 is 2.62 bits per heavy atom. The molecule has 1 heterocycles. The van der Waals surface area contributed by atoms with E-state index in [-0.39, 0.29) is 11.9 Å². The van der Waals surface area contributed by atoms with Gasteiger partial charge in [-0.05, 0) is 5.92 Å². The number of ether oxygens (including phenoxy) is 1. The summed E-state index contributed by atoms with van der Waals surface area (Å²) in [4.78, 5) is 11.5. The molecule has 0 radical (unpaired) electrons. The summed E-state index contributed by atoms with van der Waals surface area (Å²) in [5.74, 6) is 0.278. The second kappa shape index (κ2) is 4.87. The van der Waals surface area contributed by atoms with Crippen LogP contribution in [0.3, 0.4) is 0 Å². The van der Waals surface area contributed by atoms with Crippen LogP contribution in [-0.4, -0.2) is 28.9 Å². The lowest BCUT2D eigenvalue weighted by atomic mass is 10.0. The highest BCUT2D eigenvalue weighted by Crippen LogP contribution is 2.18. The van der Waals surface area contributed by atoms with Crippen LogP contribution in [0.25, 0.3) is 0 Å². The highest BCUT2D eigenvalue weighted by molar-refractivity contribution is 5.80. The molecule has 0 amide bonds. The molecule has 1 atom stereocenters. The molecule has 0 spiro atoms. The van der Waals surface area contributed by atoms with Gasteiger partial charge in [0.1, 0.15) is 6.04 Å². The molecule has 90 valence electrons. The third kappa shape index (κ3) is 2.65. The Morgan fingerprint density at radius 2 is 2.25 bits per heavy atom. The Bertz CT molecular complexity index is 373. The van der Waals surface area contributed by atoms with Crippen molar-refractivity contribution in [1.29, 1.82) is 0 Å². The van der Waals surface area contributed by atoms with E-state index in [1.54, 1.807) is 17.9 Å². The number of hydrogen-bond donors (Lipinski definition) is 2. The van der Waals surface area contributed by atoms with Gasteiger partial charge in [-0.3, -0.25) is 4.68 Å². The van der Waals surface area contributed by atoms with E-state index in [4.69, 9.17) is 10.5 Å². The van der Waals surface area contributed by atoms with Gasteiger partial charge in [0, 0.05) is 13.2 Å². The van der Waals surface area contributed by atoms with Crippen molar-refractivity contribution < 1.29 is 9.53 Å². The first kappa shape index (κ1) is 12.4. The van der Waals surface area contributed by atoms with E-state index in [1.807, 2.05) is 13.8 Å². The van der Waals surface area contributed by atoms with Crippen LogP contribution < -0.4 is 11.1 Å². The third-order valence-corrected chi connectivity index (χ3v) is 2.27. The first-order valence-corrected chi connectivity index (χ1v) is 5.09. The lowest BCUT2D eigenvalue weighted by Crippen LogP contribution is -2.35. The van der Waals surface area contributed by atoms with Crippen LogP contribution in [0.15, 0.2) is 6.20 Å². The van der Waals surface area contributed by atoms with Gasteiger partial charge in [0.25, 0.3) is 0 Å². The van der Waals surface area contributed by atoms with Gasteiger partial charge in [-0.15, -0.1) is 0 Å². The van der Waals surface area contributed by atoms with Gasteiger partial charge in [-0.2, -0.15) is 5.10 Å². The van der Waals surface area contributed by atoms with Crippen molar-refractivity contribution in [3.63, 3.8) is 0 Å². The smallest absolute Gasteiger partial charge is 0.328 e. The Hall–Kier alpha value is -1.72. The first-order valence-electron chi connectivity index (χ1n) is 5.09. The van der Waals surface area contributed by atoms with Crippen LogP contribution in [0.4, 0.5) is 11.5 Å². The van der Waals surface area contributed by atoms with Crippen molar-refractivity contribution in [3.8, 4) is 0 Å². The van der Waals surface area contributed by atoms with Crippen molar-refractivity contribution in [3.05, 3.63) is 6.20 Å². The minimum absolute atomic E-state index is 0.0915. The fourth-order valence-electron chi connectivity index (χ4n) is 1.39. The monoisotopic (exact) mass is 226 g/mol. The van der Waals surface area contributed by atoms with Gasteiger partial charge in [0.2, 0.25) is 0 Å². The van der Waals surface area contributed by atoms with Crippen LogP contribution in [0.5, 0.6) is 0 Å². The highest BCUT2D eigenvalue weighted by Gasteiger charge is 2.24. The topological polar surface area (TPSA) is 82.2 Å². The third-order valence-electron chi connectivity index (χ3n) is 2.27. The molecule has 0 aliphatic carbocycles. The molecule has 0 saturated carbocycles. The van der Waals surface area contributed by atoms with Crippen LogP contribution in [0, 0.1) is 5.92 Å². The largest absolute Gasteiger partial charge is 0.467 e. The van der Waals surface area contributed by atoms with Crippen LogP contribution >= 0.6 is 0 Å². The second-order valence-corrected chi connectivity index (χ2v) is 4.00. The molecule has 1 aromatic rings. The molecule has 6 heteroatoms. The molecular formula is C10H18N4O2. The summed E-state index contributed by atoms with van der Waals surface area (Å²) in [5.41, 5.74) is 6.24. The molecule has 0 aliphatic rings. The molecule has 1 aromatic heterocycles. The van der Waals surface area contributed by atoms with E-state index in [0.717, 1.165) is 0 Å². The molecule has 0 aromatic carbocycles. The van der Waals surface area contributed by atoms with Gasteiger partial charge in [-0.1, -0.05) is 13.8 Å². The van der Waals surface area contributed by atoms with Gasteiger partial charge in [0.05, 0.1) is 12.8 Å². The summed E-state index contributed by atoms with van der Waals surface area (Å²) in [6.45, 7) is 3.85. The summed E-state index contributed by atoms with van der Waals surface area (Å²) in [5, 5.41) is 7.11. The number of nitrogen functional groups attached to an aromatic ring is 1. The average molecular weight is 226 g/mol. The van der Waals surface area contributed by atoms with Crippen LogP contribution in [0.1, 0.15) is 13.8 Å². The summed E-state index contributed by atoms with van der Waals surface area (Å²) in [6.07, 6.45) is 1.68. The summed E-state index contributed by atoms with van der Waals surface area (Å²) < 4.78 is 6.31. The first-order chi connectivity index (χ1) is 7.45. The Balaban J connectivity index is 2.83. The molecule has 1 unspecified atom stereocenters. The number of rotatable bonds is 4. The lowest BCUT2D eigenvalue weighted by Gasteiger charge is -2.19. The van der Waals surface area contributed by atoms with Gasteiger partial charge >= 0.3 is 5.97 Å². The van der Waals surface area contributed by atoms with E-state index in [0.29, 0.717) is 11.5 Å². The van der Waals surface area contributed by atoms with Crippen molar-refractivity contribution in [2.45, 2.75) is 19.9 Å². The van der Waals surface area contributed by atoms with E-state index < -0.39 is 6.04 Å². The normalized spacial score (nSPS) is 12.6. The number of nitrogens with zero attached hydrogens (tertiary/aromatic N) is 2. The Kier molecular flexibility index (Phi) is 3.76. The molecule has 3 N–H and O–H groups in total. The average Bonchev–Trinajstić information content (AvgIpc) is 2.52. The number of anilines is 2. The quantitative estimate of drug-likeness (QED) is 0.735. The summed E-state index contributed by atoms with van der Waals surface area (Å²) >= 11 is 0. The standard InChI is InChI=1S/C10H18N4O2/c1-6(2)8(10(15)16-4)12-9-7(11)5-14(3)13-9/h5-6,8H,11H2,1-4H3,(H,12,13). The SMILES string of the molecule is COC(=O)C(Nc1nn(C)cc1N)C(C)C. The number of nitrogens with two attached hydrogens (primary N) is 1. The predicted molar refractivity (Wildman–Crippen MR) is 61.9 cm³/mol. The van der Waals surface area contributed by atoms with E-state index >= 15 is 0 Å². The minimum atomic E-state index is -0.442. The van der Waals surface area contributed by atoms with Crippen molar-refractivity contribution >= 4 is 17.5 Å². The van der Waals surface area contributed by atoms with Crippen molar-refractivity contribution in [2.24, 2.45) is 13.0 Å². The van der Waals surface area contributed by atoms with Crippen LogP contribution in [0.2, 0.25) is 0 Å². The predicted octanol–water partition coefficient (Wildman–Crippen LogP) is 0.612. The van der Waals surface area contributed by atoms with E-state index in [2.05, 4.69) is 10.4 Å². The van der Waals surface area contributed by atoms with E-state index in [9.17, 15) is 4.79 Å². The van der Waals surface area contributed by atoms with Gasteiger partial charge < -0.3 is 15.8 Å². The second-order valence-electron chi connectivity index (χ2n) is 4.00. The number of nitrogens with one attached hydrogen (secondary N) is 1. The maximum absolute atomic E-state index is 11.5. The number of aryl methyl sites for hydroxylation is 1. The van der Waals surface area contributed by atoms with E-state index in [1.165, 1.54) is 7.11 Å². The molecule has 0 saturated heterocycles. The number of hydrogen-bond acceptors (Lipinski definition) is 5. The molecule has 0 aliphatic heterocycles. The fraction of sp³-hybridized carbons (Fsp3) is 0.600. The zero-order valence-corrected chi connectivity index (χ0v) is 10.0. The zero-order chi connectivity index (χ0) is 12.3. The number of aromatic nitrogens is 2. The van der Waals surface area contributed by atoms with Gasteiger partial charge in [0.15, 0.2) is 5.82 Å². The highest BCUT2D eigenvalue weighted by atomic mass is 16.5. The van der Waals surface area contributed by atoms with Crippen LogP contribution in [-0.2, 0) is 16.6 Å². The number of carbonyl (C=O) groups excluding carboxylic acids is 1. The Morgan fingerprint density at radius 1 is 1.62 bits per heavy atom. The van der Waals surface area contributed by atoms with Crippen molar-refractivity contribution in [1.82, 2.24) is 9.78 Å². The molecule has 16 heavy (non-hydrogen) atoms. The maximum atomic E-state index is 11.5. The summed E-state index contributed by atoms with van der Waals surface area (Å²) in [7, 11) is 3.13. The number of esters is 1. The maximum Gasteiger partial charge on any atom is 0.328 e. The van der Waals surface area contributed by atoms with Gasteiger partial charge in [-0.25, -0.2) is 4.79 Å². The zero-order valence-electron chi connectivity index (χ0n) is 10.0. The fourth-order valence-corrected chi connectivity index (χ4v) is 1.39. The minimum Gasteiger partial charge on any atom is -0.467 e. The molecule has 0 fully saturated rings. The Labute approximate surface area is 94.8 Å². The lowest BCUT2D eigenvalue weighted by molar-refractivity contribution is -0.142.